The maximum absolute atomic E-state index is 13.0. The number of ether oxygens (including phenoxy) is 1. The van der Waals surface area contributed by atoms with Crippen molar-refractivity contribution in [2.24, 2.45) is 0 Å². The molecule has 0 spiro atoms. The molecule has 0 unspecified atom stereocenters. The minimum atomic E-state index is -0.434. The number of anilines is 1. The zero-order valence-electron chi connectivity index (χ0n) is 8.15. The van der Waals surface area contributed by atoms with Gasteiger partial charge < -0.3 is 10.5 Å². The van der Waals surface area contributed by atoms with E-state index in [-0.39, 0.29) is 11.6 Å². The second kappa shape index (κ2) is 4.37. The number of hydrogen-bond donors (Lipinski definition) is 1. The van der Waals surface area contributed by atoms with Crippen LogP contribution in [0.3, 0.4) is 0 Å². The first-order valence-corrected chi connectivity index (χ1v) is 4.88. The normalized spacial score (nSPS) is 10.1. The second-order valence-corrected chi connectivity index (χ2v) is 3.48. The predicted molar refractivity (Wildman–Crippen MR) is 60.1 cm³/mol. The van der Waals surface area contributed by atoms with Crippen molar-refractivity contribution in [2.45, 2.75) is 0 Å². The van der Waals surface area contributed by atoms with Crippen LogP contribution in [0.2, 0.25) is 5.02 Å². The van der Waals surface area contributed by atoms with Crippen LogP contribution in [0.25, 0.3) is 0 Å². The van der Waals surface area contributed by atoms with Gasteiger partial charge in [-0.1, -0.05) is 11.6 Å². The number of pyridine rings is 1. The molecular weight excluding hydrogens is 231 g/mol. The van der Waals surface area contributed by atoms with Gasteiger partial charge in [0.15, 0.2) is 5.75 Å². The molecule has 0 atom stereocenters. The van der Waals surface area contributed by atoms with E-state index in [1.807, 2.05) is 0 Å². The smallest absolute Gasteiger partial charge is 0.238 e. The summed E-state index contributed by atoms with van der Waals surface area (Å²) in [6.45, 7) is 0. The SMILES string of the molecule is Nc1ccc(F)cc1Oc1ncccc1Cl. The molecule has 0 saturated heterocycles. The molecule has 5 heteroatoms. The summed E-state index contributed by atoms with van der Waals surface area (Å²) in [5.74, 6) is -0.0432. The van der Waals surface area contributed by atoms with Gasteiger partial charge in [0.25, 0.3) is 0 Å². The number of nitrogens with zero attached hydrogens (tertiary/aromatic N) is 1. The highest BCUT2D eigenvalue weighted by atomic mass is 35.5. The molecule has 82 valence electrons. The fourth-order valence-corrected chi connectivity index (χ4v) is 1.31. The van der Waals surface area contributed by atoms with Crippen LogP contribution in [0, 0.1) is 5.82 Å². The number of halogens is 2. The number of nitrogen functional groups attached to an aromatic ring is 1. The third kappa shape index (κ3) is 2.23. The van der Waals surface area contributed by atoms with Gasteiger partial charge in [0.2, 0.25) is 5.88 Å². The van der Waals surface area contributed by atoms with Crippen molar-refractivity contribution in [1.82, 2.24) is 4.98 Å². The molecule has 2 rings (SSSR count). The van der Waals surface area contributed by atoms with Gasteiger partial charge in [-0.05, 0) is 24.3 Å². The minimum absolute atomic E-state index is 0.195. The van der Waals surface area contributed by atoms with Gasteiger partial charge in [0.05, 0.1) is 5.69 Å². The van der Waals surface area contributed by atoms with Crippen LogP contribution in [-0.2, 0) is 0 Å². The summed E-state index contributed by atoms with van der Waals surface area (Å²) in [5, 5.41) is 0.339. The van der Waals surface area contributed by atoms with Gasteiger partial charge in [-0.2, -0.15) is 0 Å². The van der Waals surface area contributed by atoms with Gasteiger partial charge in [-0.25, -0.2) is 9.37 Å². The Kier molecular flexibility index (Phi) is 2.92. The molecule has 16 heavy (non-hydrogen) atoms. The molecule has 0 radical (unpaired) electrons. The standard InChI is InChI=1S/C11H8ClFN2O/c12-8-2-1-5-15-11(8)16-10-6-7(13)3-4-9(10)14/h1-6H,14H2. The molecule has 2 N–H and O–H groups in total. The summed E-state index contributed by atoms with van der Waals surface area (Å²) in [6.07, 6.45) is 1.52. The first-order chi connectivity index (χ1) is 7.66. The van der Waals surface area contributed by atoms with Crippen molar-refractivity contribution in [3.63, 3.8) is 0 Å². The van der Waals surface area contributed by atoms with Gasteiger partial charge in [0, 0.05) is 12.3 Å². The number of benzene rings is 1. The molecular formula is C11H8ClFN2O. The summed E-state index contributed by atoms with van der Waals surface area (Å²) >= 11 is 5.84. The molecule has 0 bridgehead atoms. The van der Waals surface area contributed by atoms with Gasteiger partial charge in [0.1, 0.15) is 10.8 Å². The largest absolute Gasteiger partial charge is 0.435 e. The maximum Gasteiger partial charge on any atom is 0.238 e. The molecule has 1 heterocycles. The van der Waals surface area contributed by atoms with E-state index < -0.39 is 5.82 Å². The van der Waals surface area contributed by atoms with Gasteiger partial charge in [-0.3, -0.25) is 0 Å². The van der Waals surface area contributed by atoms with Crippen LogP contribution in [-0.4, -0.2) is 4.98 Å². The molecule has 0 amide bonds. The van der Waals surface area contributed by atoms with Crippen molar-refractivity contribution >= 4 is 17.3 Å². The van der Waals surface area contributed by atoms with Crippen LogP contribution in [0.1, 0.15) is 0 Å². The molecule has 0 saturated carbocycles. The van der Waals surface area contributed by atoms with Crippen LogP contribution in [0.15, 0.2) is 36.5 Å². The lowest BCUT2D eigenvalue weighted by Crippen LogP contribution is -1.94. The van der Waals surface area contributed by atoms with Crippen molar-refractivity contribution in [3.05, 3.63) is 47.4 Å². The molecule has 0 fully saturated rings. The Bertz CT molecular complexity index is 519. The zero-order valence-corrected chi connectivity index (χ0v) is 8.91. The average molecular weight is 239 g/mol. The van der Waals surface area contributed by atoms with E-state index in [2.05, 4.69) is 4.98 Å². The minimum Gasteiger partial charge on any atom is -0.435 e. The monoisotopic (exact) mass is 238 g/mol. The molecule has 1 aromatic heterocycles. The topological polar surface area (TPSA) is 48.1 Å². The van der Waals surface area contributed by atoms with E-state index in [1.165, 1.54) is 24.4 Å². The summed E-state index contributed by atoms with van der Waals surface area (Å²) in [4.78, 5) is 3.91. The quantitative estimate of drug-likeness (QED) is 0.817. The maximum atomic E-state index is 13.0. The van der Waals surface area contributed by atoms with E-state index in [1.54, 1.807) is 12.1 Å². The summed E-state index contributed by atoms with van der Waals surface area (Å²) in [7, 11) is 0. The molecule has 0 aliphatic carbocycles. The average Bonchev–Trinajstić information content (AvgIpc) is 2.27. The number of nitrogens with two attached hydrogens (primary N) is 1. The number of hydrogen-bond acceptors (Lipinski definition) is 3. The molecule has 2 aromatic rings. The van der Waals surface area contributed by atoms with E-state index >= 15 is 0 Å². The van der Waals surface area contributed by atoms with E-state index in [9.17, 15) is 4.39 Å². The lowest BCUT2D eigenvalue weighted by molar-refractivity contribution is 0.461. The van der Waals surface area contributed by atoms with Crippen LogP contribution < -0.4 is 10.5 Å². The van der Waals surface area contributed by atoms with E-state index in [0.29, 0.717) is 10.7 Å². The van der Waals surface area contributed by atoms with Crippen molar-refractivity contribution in [1.29, 1.82) is 0 Å². The third-order valence-corrected chi connectivity index (χ3v) is 2.19. The molecule has 3 nitrogen and oxygen atoms in total. The Labute approximate surface area is 96.6 Å². The first-order valence-electron chi connectivity index (χ1n) is 4.50. The van der Waals surface area contributed by atoms with Gasteiger partial charge >= 0.3 is 0 Å². The summed E-state index contributed by atoms with van der Waals surface area (Å²) in [5.41, 5.74) is 5.95. The van der Waals surface area contributed by atoms with E-state index in [4.69, 9.17) is 22.1 Å². The van der Waals surface area contributed by atoms with Crippen LogP contribution in [0.5, 0.6) is 11.6 Å². The first kappa shape index (κ1) is 10.7. The second-order valence-electron chi connectivity index (χ2n) is 3.07. The summed E-state index contributed by atoms with van der Waals surface area (Å²) < 4.78 is 18.3. The fraction of sp³-hybridized carbons (Fsp3) is 0. The highest BCUT2D eigenvalue weighted by Gasteiger charge is 2.07. The third-order valence-electron chi connectivity index (χ3n) is 1.91. The highest BCUT2D eigenvalue weighted by Crippen LogP contribution is 2.30. The Morgan fingerprint density at radius 3 is 2.88 bits per heavy atom. The number of aromatic nitrogens is 1. The van der Waals surface area contributed by atoms with Crippen molar-refractivity contribution in [3.8, 4) is 11.6 Å². The Morgan fingerprint density at radius 1 is 1.31 bits per heavy atom. The van der Waals surface area contributed by atoms with E-state index in [0.717, 1.165) is 0 Å². The lowest BCUT2D eigenvalue weighted by atomic mass is 10.3. The number of rotatable bonds is 2. The van der Waals surface area contributed by atoms with Crippen LogP contribution in [0.4, 0.5) is 10.1 Å². The van der Waals surface area contributed by atoms with Crippen LogP contribution >= 0.6 is 11.6 Å². The predicted octanol–water partition coefficient (Wildman–Crippen LogP) is 3.25. The highest BCUT2D eigenvalue weighted by molar-refractivity contribution is 6.31. The fourth-order valence-electron chi connectivity index (χ4n) is 1.15. The Balaban J connectivity index is 2.34. The van der Waals surface area contributed by atoms with Gasteiger partial charge in [-0.15, -0.1) is 0 Å². The van der Waals surface area contributed by atoms with Crippen molar-refractivity contribution in [2.75, 3.05) is 5.73 Å². The Hall–Kier alpha value is -1.81. The molecule has 0 aliphatic heterocycles. The molecule has 1 aromatic carbocycles. The summed E-state index contributed by atoms with van der Waals surface area (Å²) in [6, 6.07) is 7.15. The molecule has 0 aliphatic rings. The Morgan fingerprint density at radius 2 is 2.12 bits per heavy atom. The zero-order chi connectivity index (χ0) is 11.5. The lowest BCUT2D eigenvalue weighted by Gasteiger charge is -2.08. The van der Waals surface area contributed by atoms with Crippen molar-refractivity contribution < 1.29 is 9.13 Å².